The van der Waals surface area contributed by atoms with Gasteiger partial charge in [-0.25, -0.2) is 4.79 Å². The second-order valence-corrected chi connectivity index (χ2v) is 3.89. The summed E-state index contributed by atoms with van der Waals surface area (Å²) in [7, 11) is 0. The van der Waals surface area contributed by atoms with Crippen molar-refractivity contribution in [1.29, 1.82) is 0 Å². The highest BCUT2D eigenvalue weighted by atomic mass is 32.1. The molecule has 98 valence electrons. The molecule has 2 aromatic rings. The molecule has 0 saturated heterocycles. The van der Waals surface area contributed by atoms with Gasteiger partial charge in [0.2, 0.25) is 4.77 Å². The molecule has 0 aliphatic heterocycles. The van der Waals surface area contributed by atoms with Gasteiger partial charge in [0.25, 0.3) is 0 Å². The van der Waals surface area contributed by atoms with Crippen LogP contribution < -0.4 is 0 Å². The summed E-state index contributed by atoms with van der Waals surface area (Å²) >= 11 is 5.08. The minimum atomic E-state index is -0.610. The number of carbonyl (C=O) groups excluding carboxylic acids is 1. The third kappa shape index (κ3) is 3.14. The lowest BCUT2D eigenvalue weighted by molar-refractivity contribution is 0.150. The van der Waals surface area contributed by atoms with Gasteiger partial charge in [-0.15, -0.1) is 9.78 Å². The van der Waals surface area contributed by atoms with Gasteiger partial charge < -0.3 is 4.74 Å². The van der Waals surface area contributed by atoms with Gasteiger partial charge in [-0.2, -0.15) is 9.78 Å². The van der Waals surface area contributed by atoms with Crippen LogP contribution in [0.1, 0.15) is 12.5 Å². The average Bonchev–Trinajstić information content (AvgIpc) is 2.79. The number of benzene rings is 1. The van der Waals surface area contributed by atoms with Gasteiger partial charge in [0.1, 0.15) is 6.33 Å². The molecular weight excluding hydrogens is 264 g/mol. The Hall–Kier alpha value is -2.28. The molecule has 0 aliphatic rings. The summed E-state index contributed by atoms with van der Waals surface area (Å²) in [5.74, 6) is 0. The summed E-state index contributed by atoms with van der Waals surface area (Å²) in [4.78, 5) is 11.5. The Labute approximate surface area is 114 Å². The second kappa shape index (κ2) is 6.05. The second-order valence-electron chi connectivity index (χ2n) is 3.52. The summed E-state index contributed by atoms with van der Waals surface area (Å²) in [5, 5.41) is 7.97. The Bertz CT molecular complexity index is 645. The smallest absolute Gasteiger partial charge is 0.437 e. The zero-order chi connectivity index (χ0) is 13.7. The highest BCUT2D eigenvalue weighted by molar-refractivity contribution is 7.71. The van der Waals surface area contributed by atoms with E-state index in [1.54, 1.807) is 13.1 Å². The van der Waals surface area contributed by atoms with Crippen molar-refractivity contribution < 1.29 is 9.53 Å². The minimum Gasteiger partial charge on any atom is -0.448 e. The predicted octanol–water partition coefficient (Wildman–Crippen LogP) is 2.30. The van der Waals surface area contributed by atoms with Gasteiger partial charge in [0.15, 0.2) is 0 Å². The maximum Gasteiger partial charge on any atom is 0.437 e. The van der Waals surface area contributed by atoms with Crippen molar-refractivity contribution in [2.24, 2.45) is 5.10 Å². The zero-order valence-electron chi connectivity index (χ0n) is 10.3. The first-order chi connectivity index (χ1) is 9.22. The van der Waals surface area contributed by atoms with Crippen molar-refractivity contribution in [3.8, 4) is 0 Å². The van der Waals surface area contributed by atoms with E-state index >= 15 is 0 Å². The van der Waals surface area contributed by atoms with Crippen LogP contribution in [-0.4, -0.2) is 33.4 Å². The van der Waals surface area contributed by atoms with E-state index in [-0.39, 0.29) is 11.4 Å². The zero-order valence-corrected chi connectivity index (χ0v) is 11.1. The van der Waals surface area contributed by atoms with E-state index < -0.39 is 6.09 Å². The predicted molar refractivity (Wildman–Crippen MR) is 72.9 cm³/mol. The lowest BCUT2D eigenvalue weighted by Crippen LogP contribution is -2.15. The number of hydrogen-bond donors (Lipinski definition) is 0. The van der Waals surface area contributed by atoms with E-state index in [0.29, 0.717) is 0 Å². The van der Waals surface area contributed by atoms with Gasteiger partial charge in [0, 0.05) is 0 Å². The molecule has 0 spiro atoms. The lowest BCUT2D eigenvalue weighted by Gasteiger charge is -1.98. The van der Waals surface area contributed by atoms with E-state index in [2.05, 4.69) is 10.2 Å². The molecule has 0 fully saturated rings. The van der Waals surface area contributed by atoms with Crippen molar-refractivity contribution >= 4 is 24.5 Å². The van der Waals surface area contributed by atoms with Crippen LogP contribution in [0.25, 0.3) is 0 Å². The Kier molecular flexibility index (Phi) is 4.19. The Balaban J connectivity index is 2.21. The van der Waals surface area contributed by atoms with Crippen molar-refractivity contribution in [2.45, 2.75) is 6.92 Å². The number of ether oxygens (including phenoxy) is 1. The number of carbonyl (C=O) groups is 1. The summed E-state index contributed by atoms with van der Waals surface area (Å²) in [6.07, 6.45) is 2.38. The van der Waals surface area contributed by atoms with Crippen molar-refractivity contribution in [2.75, 3.05) is 6.61 Å². The number of hydrogen-bond acceptors (Lipinski definition) is 5. The molecule has 0 radical (unpaired) electrons. The first kappa shape index (κ1) is 13.2. The highest BCUT2D eigenvalue weighted by Gasteiger charge is 2.09. The van der Waals surface area contributed by atoms with Crippen LogP contribution in [0.15, 0.2) is 41.8 Å². The highest BCUT2D eigenvalue weighted by Crippen LogP contribution is 1.98. The Morgan fingerprint density at radius 2 is 2.21 bits per heavy atom. The van der Waals surface area contributed by atoms with Gasteiger partial charge in [-0.05, 0) is 24.7 Å². The molecule has 0 saturated carbocycles. The van der Waals surface area contributed by atoms with Crippen LogP contribution in [0.4, 0.5) is 4.79 Å². The quantitative estimate of drug-likeness (QED) is 0.637. The maximum absolute atomic E-state index is 11.5. The number of aromatic nitrogens is 3. The molecule has 0 unspecified atom stereocenters. The minimum absolute atomic E-state index is 0.158. The van der Waals surface area contributed by atoms with Crippen LogP contribution in [-0.2, 0) is 4.74 Å². The molecule has 0 amide bonds. The largest absolute Gasteiger partial charge is 0.448 e. The molecule has 1 aromatic heterocycles. The molecule has 6 nitrogen and oxygen atoms in total. The normalized spacial score (nSPS) is 10.8. The van der Waals surface area contributed by atoms with Crippen LogP contribution in [0.5, 0.6) is 0 Å². The molecule has 0 bridgehead atoms. The van der Waals surface area contributed by atoms with E-state index in [9.17, 15) is 4.79 Å². The molecular formula is C12H12N4O2S. The van der Waals surface area contributed by atoms with Crippen molar-refractivity contribution in [3.63, 3.8) is 0 Å². The molecule has 1 heterocycles. The molecule has 0 N–H and O–H groups in total. The first-order valence-corrected chi connectivity index (χ1v) is 6.06. The fourth-order valence-electron chi connectivity index (χ4n) is 1.35. The van der Waals surface area contributed by atoms with Crippen LogP contribution in [0.3, 0.4) is 0 Å². The van der Waals surface area contributed by atoms with Crippen molar-refractivity contribution in [3.05, 3.63) is 47.0 Å². The SMILES string of the molecule is CCOC(=O)n1ncn(/N=C\c2ccccc2)c1=S. The molecule has 19 heavy (non-hydrogen) atoms. The van der Waals surface area contributed by atoms with E-state index in [0.717, 1.165) is 10.2 Å². The standard InChI is InChI=1S/C12H12N4O2S/c1-2-18-12(17)16-11(19)15(9-14-16)13-8-10-6-4-3-5-7-10/h3-9H,2H2,1H3/b13-8-. The van der Waals surface area contributed by atoms with E-state index in [4.69, 9.17) is 17.0 Å². The summed E-state index contributed by atoms with van der Waals surface area (Å²) in [6.45, 7) is 1.98. The van der Waals surface area contributed by atoms with Crippen LogP contribution in [0.2, 0.25) is 0 Å². The number of nitrogens with zero attached hydrogens (tertiary/aromatic N) is 4. The van der Waals surface area contributed by atoms with Crippen molar-refractivity contribution in [1.82, 2.24) is 14.5 Å². The molecule has 7 heteroatoms. The molecule has 0 aliphatic carbocycles. The fourth-order valence-corrected chi connectivity index (χ4v) is 1.57. The van der Waals surface area contributed by atoms with Gasteiger partial charge >= 0.3 is 6.09 Å². The summed E-state index contributed by atoms with van der Waals surface area (Å²) in [6, 6.07) is 9.54. The lowest BCUT2D eigenvalue weighted by atomic mass is 10.2. The van der Waals surface area contributed by atoms with E-state index in [1.807, 2.05) is 30.3 Å². The third-order valence-corrected chi connectivity index (χ3v) is 2.59. The van der Waals surface area contributed by atoms with Crippen LogP contribution in [0, 0.1) is 4.77 Å². The third-order valence-electron chi connectivity index (χ3n) is 2.23. The molecule has 0 atom stereocenters. The summed E-state index contributed by atoms with van der Waals surface area (Å²) < 4.78 is 7.29. The summed E-state index contributed by atoms with van der Waals surface area (Å²) in [5.41, 5.74) is 0.924. The first-order valence-electron chi connectivity index (χ1n) is 5.65. The van der Waals surface area contributed by atoms with Crippen LogP contribution >= 0.6 is 12.2 Å². The average molecular weight is 276 g/mol. The Morgan fingerprint density at radius 3 is 2.89 bits per heavy atom. The van der Waals surface area contributed by atoms with Gasteiger partial charge in [0.05, 0.1) is 12.8 Å². The Morgan fingerprint density at radius 1 is 1.47 bits per heavy atom. The fraction of sp³-hybridized carbons (Fsp3) is 0.167. The molecule has 1 aromatic carbocycles. The van der Waals surface area contributed by atoms with Gasteiger partial charge in [-0.1, -0.05) is 30.3 Å². The molecule has 2 rings (SSSR count). The number of rotatable bonds is 3. The maximum atomic E-state index is 11.5. The van der Waals surface area contributed by atoms with E-state index in [1.165, 1.54) is 11.0 Å². The van der Waals surface area contributed by atoms with Gasteiger partial charge in [-0.3, -0.25) is 0 Å². The topological polar surface area (TPSA) is 61.4 Å². The monoisotopic (exact) mass is 276 g/mol.